The number of hydrogen-bond acceptors (Lipinski definition) is 5. The summed E-state index contributed by atoms with van der Waals surface area (Å²) in [6.45, 7) is 1.53. The maximum Gasteiger partial charge on any atom is 0.171 e. The molecule has 0 fully saturated rings. The molecule has 0 unspecified atom stereocenters. The Morgan fingerprint density at radius 2 is 2.04 bits per heavy atom. The van der Waals surface area contributed by atoms with E-state index >= 15 is 0 Å². The van der Waals surface area contributed by atoms with E-state index in [0.717, 1.165) is 13.1 Å². The normalized spacial score (nSPS) is 11.0. The van der Waals surface area contributed by atoms with Crippen LogP contribution in [0.25, 0.3) is 10.7 Å². The summed E-state index contributed by atoms with van der Waals surface area (Å²) in [7, 11) is 0. The van der Waals surface area contributed by atoms with Crippen molar-refractivity contribution >= 4 is 66.3 Å². The van der Waals surface area contributed by atoms with Crippen molar-refractivity contribution in [3.05, 3.63) is 55.2 Å². The molecule has 26 heavy (non-hydrogen) atoms. The van der Waals surface area contributed by atoms with Gasteiger partial charge in [0.2, 0.25) is 0 Å². The minimum Gasteiger partial charge on any atom is -0.391 e. The smallest absolute Gasteiger partial charge is 0.171 e. The summed E-state index contributed by atoms with van der Waals surface area (Å²) >= 11 is 14.1. The maximum atomic E-state index is 14.3. The van der Waals surface area contributed by atoms with Crippen LogP contribution in [0.1, 0.15) is 16.8 Å². The van der Waals surface area contributed by atoms with E-state index in [0.29, 0.717) is 28.5 Å². The molecule has 2 N–H and O–H groups in total. The first-order valence-electron chi connectivity index (χ1n) is 7.48. The Kier molecular flexibility index (Phi) is 6.29. The fraction of sp³-hybridized carbons (Fsp3) is 0.176. The molecular weight excluding hydrogens is 509 g/mol. The Hall–Kier alpha value is -1.06. The molecule has 0 saturated heterocycles. The largest absolute Gasteiger partial charge is 0.391 e. The van der Waals surface area contributed by atoms with Gasteiger partial charge in [0.25, 0.3) is 0 Å². The van der Waals surface area contributed by atoms with Crippen LogP contribution in [0.4, 0.5) is 15.9 Å². The van der Waals surface area contributed by atoms with Crippen molar-refractivity contribution in [2.24, 2.45) is 0 Å². The van der Waals surface area contributed by atoms with E-state index in [9.17, 15) is 9.50 Å². The lowest BCUT2D eigenvalue weighted by atomic mass is 10.2. The molecule has 2 heterocycles. The number of anilines is 2. The zero-order valence-corrected chi connectivity index (χ0v) is 18.2. The third kappa shape index (κ3) is 4.09. The molecule has 0 aliphatic heterocycles. The van der Waals surface area contributed by atoms with Crippen molar-refractivity contribution in [3.8, 4) is 10.7 Å². The number of aryl methyl sites for hydroxylation is 1. The van der Waals surface area contributed by atoms with Gasteiger partial charge in [-0.2, -0.15) is 0 Å². The summed E-state index contributed by atoms with van der Waals surface area (Å²) in [5, 5.41) is 12.7. The van der Waals surface area contributed by atoms with Crippen LogP contribution in [0.5, 0.6) is 0 Å². The molecule has 3 rings (SSSR count). The third-order valence-corrected chi connectivity index (χ3v) is 7.24. The highest BCUT2D eigenvalue weighted by atomic mass is 79.9. The molecule has 0 aliphatic rings. The van der Waals surface area contributed by atoms with Gasteiger partial charge in [-0.15, -0.1) is 22.9 Å². The predicted molar refractivity (Wildman–Crippen MR) is 111 cm³/mol. The molecule has 2 aromatic heterocycles. The number of nitrogens with zero attached hydrogens (tertiary/aromatic N) is 2. The standard InChI is InChI=1S/C17H13Br2ClFN3OS/c1-8-10(7-25)16(23-13-3-2-9(6-20)4-12(13)21)24-17(22-8)14-5-11(18)15(19)26-14/h2-5,25H,6-7H2,1H3,(H,22,23,24). The summed E-state index contributed by atoms with van der Waals surface area (Å²) < 4.78 is 16.1. The molecular formula is C17H13Br2ClFN3OS. The van der Waals surface area contributed by atoms with Gasteiger partial charge in [-0.3, -0.25) is 0 Å². The van der Waals surface area contributed by atoms with Crippen LogP contribution in [-0.4, -0.2) is 15.1 Å². The number of halogens is 4. The van der Waals surface area contributed by atoms with Crippen molar-refractivity contribution in [2.75, 3.05) is 5.32 Å². The fourth-order valence-corrected chi connectivity index (χ4v) is 4.46. The van der Waals surface area contributed by atoms with Crippen molar-refractivity contribution in [3.63, 3.8) is 0 Å². The predicted octanol–water partition coefficient (Wildman–Crippen LogP) is 6.15. The zero-order valence-electron chi connectivity index (χ0n) is 13.5. The highest BCUT2D eigenvalue weighted by Gasteiger charge is 2.16. The van der Waals surface area contributed by atoms with Crippen LogP contribution in [-0.2, 0) is 12.5 Å². The van der Waals surface area contributed by atoms with Crippen LogP contribution in [0.3, 0.4) is 0 Å². The fourth-order valence-electron chi connectivity index (χ4n) is 2.33. The molecule has 0 aliphatic carbocycles. The number of benzene rings is 1. The maximum absolute atomic E-state index is 14.3. The van der Waals surface area contributed by atoms with Crippen LogP contribution in [0.15, 0.2) is 32.5 Å². The molecule has 1 aromatic carbocycles. The summed E-state index contributed by atoms with van der Waals surface area (Å²) in [4.78, 5) is 9.81. The first kappa shape index (κ1) is 19.7. The molecule has 0 spiro atoms. The van der Waals surface area contributed by atoms with E-state index in [1.807, 2.05) is 6.07 Å². The Bertz CT molecular complexity index is 948. The molecule has 4 nitrogen and oxygen atoms in total. The average Bonchev–Trinajstić information content (AvgIpc) is 2.95. The van der Waals surface area contributed by atoms with E-state index in [1.54, 1.807) is 19.1 Å². The Balaban J connectivity index is 2.05. The van der Waals surface area contributed by atoms with Gasteiger partial charge < -0.3 is 10.4 Å². The van der Waals surface area contributed by atoms with Gasteiger partial charge in [0, 0.05) is 21.6 Å². The number of aromatic nitrogens is 2. The number of aliphatic hydroxyl groups excluding tert-OH is 1. The molecule has 9 heteroatoms. The van der Waals surface area contributed by atoms with Crippen LogP contribution in [0.2, 0.25) is 0 Å². The number of hydrogen-bond donors (Lipinski definition) is 2. The SMILES string of the molecule is Cc1nc(-c2cc(Br)c(Br)s2)nc(Nc2ccc(CCl)cc2F)c1CO. The van der Waals surface area contributed by atoms with Gasteiger partial charge in [-0.05, 0) is 62.5 Å². The minimum atomic E-state index is -0.438. The average molecular weight is 522 g/mol. The van der Waals surface area contributed by atoms with Crippen molar-refractivity contribution in [1.29, 1.82) is 0 Å². The minimum absolute atomic E-state index is 0.234. The van der Waals surface area contributed by atoms with Crippen LogP contribution >= 0.6 is 54.8 Å². The second-order valence-electron chi connectivity index (χ2n) is 5.42. The summed E-state index contributed by atoms with van der Waals surface area (Å²) in [6, 6.07) is 6.61. The molecule has 3 aromatic rings. The van der Waals surface area contributed by atoms with E-state index in [4.69, 9.17) is 11.6 Å². The summed E-state index contributed by atoms with van der Waals surface area (Å²) in [5.74, 6) is 0.661. The highest BCUT2D eigenvalue weighted by molar-refractivity contribution is 9.13. The molecule has 0 radical (unpaired) electrons. The van der Waals surface area contributed by atoms with Crippen molar-refractivity contribution in [1.82, 2.24) is 9.97 Å². The Morgan fingerprint density at radius 1 is 1.27 bits per heavy atom. The monoisotopic (exact) mass is 519 g/mol. The molecule has 0 saturated carbocycles. The topological polar surface area (TPSA) is 58.0 Å². The highest BCUT2D eigenvalue weighted by Crippen LogP contribution is 2.38. The van der Waals surface area contributed by atoms with Gasteiger partial charge in [-0.1, -0.05) is 6.07 Å². The lowest BCUT2D eigenvalue weighted by Crippen LogP contribution is -2.06. The first-order chi connectivity index (χ1) is 12.4. The number of alkyl halides is 1. The lowest BCUT2D eigenvalue weighted by Gasteiger charge is -2.14. The third-order valence-electron chi connectivity index (χ3n) is 3.68. The first-order valence-corrected chi connectivity index (χ1v) is 10.4. The van der Waals surface area contributed by atoms with Gasteiger partial charge in [0.05, 0.1) is 21.0 Å². The van der Waals surface area contributed by atoms with Gasteiger partial charge in [0.15, 0.2) is 5.82 Å². The van der Waals surface area contributed by atoms with Crippen molar-refractivity contribution < 1.29 is 9.50 Å². The molecule has 0 bridgehead atoms. The van der Waals surface area contributed by atoms with Crippen molar-refractivity contribution in [2.45, 2.75) is 19.4 Å². The zero-order chi connectivity index (χ0) is 18.8. The molecule has 136 valence electrons. The number of rotatable bonds is 5. The van der Waals surface area contributed by atoms with Gasteiger partial charge in [0.1, 0.15) is 11.6 Å². The van der Waals surface area contributed by atoms with E-state index in [1.165, 1.54) is 17.4 Å². The Morgan fingerprint density at radius 3 is 2.62 bits per heavy atom. The van der Waals surface area contributed by atoms with E-state index < -0.39 is 5.82 Å². The van der Waals surface area contributed by atoms with Crippen LogP contribution in [0, 0.1) is 12.7 Å². The quantitative estimate of drug-likeness (QED) is 0.396. The summed E-state index contributed by atoms with van der Waals surface area (Å²) in [6.07, 6.45) is 0. The summed E-state index contributed by atoms with van der Waals surface area (Å²) in [5.41, 5.74) is 2.08. The van der Waals surface area contributed by atoms with E-state index in [-0.39, 0.29) is 18.2 Å². The molecule has 0 atom stereocenters. The number of thiophene rings is 1. The second-order valence-corrected chi connectivity index (χ2v) is 8.91. The van der Waals surface area contributed by atoms with E-state index in [2.05, 4.69) is 47.1 Å². The second kappa shape index (κ2) is 8.31. The number of nitrogens with one attached hydrogen (secondary N) is 1. The lowest BCUT2D eigenvalue weighted by molar-refractivity contribution is 0.281. The van der Waals surface area contributed by atoms with Gasteiger partial charge in [-0.25, -0.2) is 14.4 Å². The Labute approximate surface area is 175 Å². The number of aliphatic hydroxyl groups is 1. The van der Waals surface area contributed by atoms with Gasteiger partial charge >= 0.3 is 0 Å². The van der Waals surface area contributed by atoms with Crippen LogP contribution < -0.4 is 5.32 Å². The molecule has 0 amide bonds.